The van der Waals surface area contributed by atoms with Crippen molar-refractivity contribution in [2.75, 3.05) is 34.5 Å². The second-order valence-electron chi connectivity index (χ2n) is 4.03. The van der Waals surface area contributed by atoms with Crippen molar-refractivity contribution in [2.24, 2.45) is 0 Å². The Balaban J connectivity index is 0. The molecule has 0 aromatic heterocycles. The number of carboxylic acids is 1. The minimum Gasteiger partial charge on any atom is -0.550 e. The molecule has 0 radical (unpaired) electrons. The standard InChI is InChI=1S/C6H16NO.C4H8O2/c1-5-8-6-7(2,3)4;1-2-3-4(5)6/h5-6H2,1-4H3;2-3H2,1H3,(H,5,6)/q+1;/p-1. The van der Waals surface area contributed by atoms with Crippen molar-refractivity contribution < 1.29 is 19.1 Å². The molecule has 0 saturated carbocycles. The Morgan fingerprint density at radius 2 is 1.79 bits per heavy atom. The number of hydrogen-bond donors (Lipinski definition) is 0. The first-order valence-electron chi connectivity index (χ1n) is 4.91. The van der Waals surface area contributed by atoms with Gasteiger partial charge in [0.1, 0.15) is 0 Å². The second kappa shape index (κ2) is 8.97. The minimum absolute atomic E-state index is 0.181. The van der Waals surface area contributed by atoms with Gasteiger partial charge in [-0.1, -0.05) is 13.3 Å². The van der Waals surface area contributed by atoms with Crippen LogP contribution in [-0.4, -0.2) is 44.9 Å². The fourth-order valence-electron chi connectivity index (χ4n) is 0.569. The van der Waals surface area contributed by atoms with Crippen LogP contribution in [0.1, 0.15) is 26.7 Å². The molecule has 0 heterocycles. The van der Waals surface area contributed by atoms with Crippen LogP contribution in [0.25, 0.3) is 0 Å². The summed E-state index contributed by atoms with van der Waals surface area (Å²) in [4.78, 5) is 9.49. The smallest absolute Gasteiger partial charge is 0.182 e. The molecule has 0 aromatic rings. The molecule has 0 aromatic carbocycles. The molecule has 0 spiro atoms. The Labute approximate surface area is 87.1 Å². The molecular formula is C10H23NO3. The minimum atomic E-state index is -0.961. The number of aliphatic carboxylic acids is 1. The lowest BCUT2D eigenvalue weighted by Gasteiger charge is -2.22. The number of ether oxygens (including phenoxy) is 1. The second-order valence-corrected chi connectivity index (χ2v) is 4.03. The molecule has 0 aliphatic rings. The van der Waals surface area contributed by atoms with E-state index in [4.69, 9.17) is 4.74 Å². The number of carboxylic acid groups (broad SMARTS) is 1. The molecule has 0 amide bonds. The molecule has 14 heavy (non-hydrogen) atoms. The average Bonchev–Trinajstić information content (AvgIpc) is 2.00. The predicted octanol–water partition coefficient (Wildman–Crippen LogP) is 0.223. The number of carbonyl (C=O) groups is 1. The highest BCUT2D eigenvalue weighted by Crippen LogP contribution is 1.88. The lowest BCUT2D eigenvalue weighted by molar-refractivity contribution is -0.890. The quantitative estimate of drug-likeness (QED) is 0.476. The fourth-order valence-corrected chi connectivity index (χ4v) is 0.569. The number of rotatable bonds is 5. The molecule has 0 aliphatic heterocycles. The molecule has 0 bridgehead atoms. The summed E-state index contributed by atoms with van der Waals surface area (Å²) in [5, 5.41) is 9.49. The third kappa shape index (κ3) is 22.5. The normalized spacial score (nSPS) is 10.4. The van der Waals surface area contributed by atoms with Crippen molar-refractivity contribution in [1.29, 1.82) is 0 Å². The molecule has 0 saturated heterocycles. The van der Waals surface area contributed by atoms with E-state index in [9.17, 15) is 9.90 Å². The zero-order valence-corrected chi connectivity index (χ0v) is 10.0. The molecule has 4 nitrogen and oxygen atoms in total. The average molecular weight is 205 g/mol. The lowest BCUT2D eigenvalue weighted by atomic mass is 10.4. The van der Waals surface area contributed by atoms with Crippen molar-refractivity contribution in [2.45, 2.75) is 26.7 Å². The van der Waals surface area contributed by atoms with Crippen LogP contribution >= 0.6 is 0 Å². The molecule has 0 N–H and O–H groups in total. The van der Waals surface area contributed by atoms with Crippen LogP contribution < -0.4 is 5.11 Å². The zero-order valence-electron chi connectivity index (χ0n) is 10.0. The van der Waals surface area contributed by atoms with E-state index in [0.717, 1.165) is 17.8 Å². The summed E-state index contributed by atoms with van der Waals surface area (Å²) >= 11 is 0. The van der Waals surface area contributed by atoms with Gasteiger partial charge in [-0.3, -0.25) is 0 Å². The first-order valence-corrected chi connectivity index (χ1v) is 4.91. The van der Waals surface area contributed by atoms with Gasteiger partial charge in [0.25, 0.3) is 0 Å². The van der Waals surface area contributed by atoms with Gasteiger partial charge in [0.2, 0.25) is 0 Å². The summed E-state index contributed by atoms with van der Waals surface area (Å²) in [6.45, 7) is 5.43. The van der Waals surface area contributed by atoms with E-state index in [1.165, 1.54) is 0 Å². The van der Waals surface area contributed by atoms with Gasteiger partial charge in [-0.15, -0.1) is 0 Å². The van der Waals surface area contributed by atoms with Gasteiger partial charge in [0.15, 0.2) is 6.73 Å². The van der Waals surface area contributed by atoms with E-state index in [0.29, 0.717) is 6.42 Å². The highest BCUT2D eigenvalue weighted by atomic mass is 16.5. The van der Waals surface area contributed by atoms with E-state index in [2.05, 4.69) is 21.1 Å². The van der Waals surface area contributed by atoms with Crippen LogP contribution in [0.5, 0.6) is 0 Å². The van der Waals surface area contributed by atoms with Gasteiger partial charge >= 0.3 is 0 Å². The Kier molecular flexibility index (Phi) is 10.1. The molecule has 0 fully saturated rings. The zero-order chi connectivity index (χ0) is 11.6. The first kappa shape index (κ1) is 15.8. The fraction of sp³-hybridized carbons (Fsp3) is 0.900. The van der Waals surface area contributed by atoms with Gasteiger partial charge < -0.3 is 19.1 Å². The summed E-state index contributed by atoms with van der Waals surface area (Å²) in [6, 6.07) is 0. The van der Waals surface area contributed by atoms with E-state index in [1.807, 2.05) is 6.92 Å². The van der Waals surface area contributed by atoms with E-state index >= 15 is 0 Å². The first-order chi connectivity index (χ1) is 6.33. The number of carbonyl (C=O) groups excluding carboxylic acids is 1. The molecule has 86 valence electrons. The molecule has 0 aliphatic carbocycles. The Hall–Kier alpha value is -0.610. The monoisotopic (exact) mass is 205 g/mol. The van der Waals surface area contributed by atoms with Crippen molar-refractivity contribution in [3.63, 3.8) is 0 Å². The number of hydrogen-bond acceptors (Lipinski definition) is 3. The SMILES string of the molecule is CCCC(=O)[O-].CCOC[N+](C)(C)C. The highest BCUT2D eigenvalue weighted by Gasteiger charge is 2.03. The van der Waals surface area contributed by atoms with E-state index in [-0.39, 0.29) is 6.42 Å². The van der Waals surface area contributed by atoms with Gasteiger partial charge in [-0.2, -0.15) is 0 Å². The predicted molar refractivity (Wildman–Crippen MR) is 54.4 cm³/mol. The summed E-state index contributed by atoms with van der Waals surface area (Å²) in [6.07, 6.45) is 0.850. The molecule has 4 heteroatoms. The van der Waals surface area contributed by atoms with Gasteiger partial charge in [-0.05, 0) is 13.3 Å². The van der Waals surface area contributed by atoms with Gasteiger partial charge in [-0.25, -0.2) is 0 Å². The largest absolute Gasteiger partial charge is 0.550 e. The highest BCUT2D eigenvalue weighted by molar-refractivity contribution is 5.63. The molecule has 0 unspecified atom stereocenters. The third-order valence-electron chi connectivity index (χ3n) is 1.14. The van der Waals surface area contributed by atoms with Crippen LogP contribution in [0.3, 0.4) is 0 Å². The van der Waals surface area contributed by atoms with Gasteiger partial charge in [0, 0.05) is 12.6 Å². The summed E-state index contributed by atoms with van der Waals surface area (Å²) in [5.74, 6) is -0.961. The molecule has 0 rings (SSSR count). The Bertz CT molecular complexity index is 141. The van der Waals surface area contributed by atoms with Gasteiger partial charge in [0.05, 0.1) is 21.1 Å². The van der Waals surface area contributed by atoms with Crippen LogP contribution in [0.2, 0.25) is 0 Å². The lowest BCUT2D eigenvalue weighted by Crippen LogP contribution is -2.36. The third-order valence-corrected chi connectivity index (χ3v) is 1.14. The van der Waals surface area contributed by atoms with Crippen LogP contribution in [0, 0.1) is 0 Å². The van der Waals surface area contributed by atoms with E-state index in [1.54, 1.807) is 6.92 Å². The van der Waals surface area contributed by atoms with Crippen molar-refractivity contribution in [1.82, 2.24) is 0 Å². The Morgan fingerprint density at radius 3 is 1.86 bits per heavy atom. The summed E-state index contributed by atoms with van der Waals surface area (Å²) < 4.78 is 6.05. The van der Waals surface area contributed by atoms with E-state index < -0.39 is 5.97 Å². The van der Waals surface area contributed by atoms with Crippen LogP contribution in [0.4, 0.5) is 0 Å². The number of nitrogens with zero attached hydrogens (tertiary/aromatic N) is 1. The maximum atomic E-state index is 9.49. The molecular weight excluding hydrogens is 182 g/mol. The van der Waals surface area contributed by atoms with Crippen molar-refractivity contribution in [3.8, 4) is 0 Å². The molecule has 0 atom stereocenters. The van der Waals surface area contributed by atoms with Crippen molar-refractivity contribution >= 4 is 5.97 Å². The van der Waals surface area contributed by atoms with Crippen molar-refractivity contribution in [3.05, 3.63) is 0 Å². The maximum absolute atomic E-state index is 9.49. The maximum Gasteiger partial charge on any atom is 0.182 e. The summed E-state index contributed by atoms with van der Waals surface area (Å²) in [5.41, 5.74) is 0. The Morgan fingerprint density at radius 1 is 1.29 bits per heavy atom. The van der Waals surface area contributed by atoms with Crippen LogP contribution in [0.15, 0.2) is 0 Å². The number of quaternary nitrogens is 1. The van der Waals surface area contributed by atoms with Crippen LogP contribution in [-0.2, 0) is 9.53 Å². The topological polar surface area (TPSA) is 49.4 Å². The summed E-state index contributed by atoms with van der Waals surface area (Å²) in [7, 11) is 6.32.